The summed E-state index contributed by atoms with van der Waals surface area (Å²) >= 11 is 0. The topological polar surface area (TPSA) is 87.7 Å². The third-order valence-corrected chi connectivity index (χ3v) is 3.55. The van der Waals surface area contributed by atoms with Crippen LogP contribution in [-0.2, 0) is 9.53 Å². The average molecular weight is 350 g/mol. The van der Waals surface area contributed by atoms with Gasteiger partial charge in [0.05, 0.1) is 12.6 Å². The van der Waals surface area contributed by atoms with Crippen LogP contribution in [0.15, 0.2) is 24.3 Å². The highest BCUT2D eigenvalue weighted by Gasteiger charge is 2.67. The van der Waals surface area contributed by atoms with Crippen molar-refractivity contribution in [2.24, 2.45) is 5.92 Å². The maximum absolute atomic E-state index is 13.4. The van der Waals surface area contributed by atoms with Gasteiger partial charge in [0.25, 0.3) is 5.72 Å². The number of aliphatic hydroxyl groups is 1. The number of esters is 1. The minimum atomic E-state index is -5.37. The molecule has 1 aromatic rings. The van der Waals surface area contributed by atoms with E-state index in [2.05, 4.69) is 10.1 Å². The molecule has 0 unspecified atom stereocenters. The van der Waals surface area contributed by atoms with E-state index in [0.717, 1.165) is 12.1 Å². The number of hydrogen-bond acceptors (Lipinski definition) is 4. The van der Waals surface area contributed by atoms with Gasteiger partial charge in [0.1, 0.15) is 11.7 Å². The SMILES string of the molecule is CCOC(=O)[C@H]1[C@@H](c2cccc(F)c2)NC(=O)N[C@@]1(O)C(F)(F)F. The zero-order valence-electron chi connectivity index (χ0n) is 12.4. The molecule has 1 saturated heterocycles. The maximum Gasteiger partial charge on any atom is 0.437 e. The molecule has 2 rings (SSSR count). The minimum Gasteiger partial charge on any atom is -0.466 e. The number of carbonyl (C=O) groups excluding carboxylic acids is 2. The molecule has 1 aliphatic heterocycles. The minimum absolute atomic E-state index is 0.120. The lowest BCUT2D eigenvalue weighted by Gasteiger charge is -2.44. The maximum atomic E-state index is 13.4. The summed E-state index contributed by atoms with van der Waals surface area (Å²) in [6.07, 6.45) is -5.37. The Hall–Kier alpha value is -2.36. The van der Waals surface area contributed by atoms with Gasteiger partial charge >= 0.3 is 18.2 Å². The van der Waals surface area contributed by atoms with Crippen LogP contribution in [0.1, 0.15) is 18.5 Å². The van der Waals surface area contributed by atoms with E-state index >= 15 is 0 Å². The lowest BCUT2D eigenvalue weighted by atomic mass is 9.82. The van der Waals surface area contributed by atoms with Gasteiger partial charge in [0, 0.05) is 0 Å². The number of carbonyl (C=O) groups is 2. The van der Waals surface area contributed by atoms with Crippen molar-refractivity contribution in [1.29, 1.82) is 0 Å². The first-order valence-electron chi connectivity index (χ1n) is 6.90. The van der Waals surface area contributed by atoms with Crippen LogP contribution in [0, 0.1) is 11.7 Å². The number of nitrogens with one attached hydrogen (secondary N) is 2. The molecular weight excluding hydrogens is 336 g/mol. The first-order chi connectivity index (χ1) is 11.1. The van der Waals surface area contributed by atoms with Crippen molar-refractivity contribution in [2.45, 2.75) is 24.9 Å². The molecule has 2 amide bonds. The van der Waals surface area contributed by atoms with Crippen molar-refractivity contribution < 1.29 is 37.0 Å². The molecule has 1 fully saturated rings. The smallest absolute Gasteiger partial charge is 0.437 e. The van der Waals surface area contributed by atoms with Crippen molar-refractivity contribution in [2.75, 3.05) is 6.61 Å². The molecule has 0 saturated carbocycles. The molecule has 6 nitrogen and oxygen atoms in total. The Bertz CT molecular complexity index is 652. The summed E-state index contributed by atoms with van der Waals surface area (Å²) in [5.74, 6) is -4.44. The third kappa shape index (κ3) is 3.14. The van der Waals surface area contributed by atoms with E-state index < -0.39 is 41.7 Å². The molecule has 1 aromatic carbocycles. The summed E-state index contributed by atoms with van der Waals surface area (Å²) in [7, 11) is 0. The van der Waals surface area contributed by atoms with E-state index in [4.69, 9.17) is 0 Å². The van der Waals surface area contributed by atoms with Gasteiger partial charge in [-0.3, -0.25) is 4.79 Å². The molecule has 0 aromatic heterocycles. The fraction of sp³-hybridized carbons (Fsp3) is 0.429. The molecule has 3 atom stereocenters. The summed E-state index contributed by atoms with van der Waals surface area (Å²) < 4.78 is 58.0. The molecule has 1 aliphatic rings. The van der Waals surface area contributed by atoms with Gasteiger partial charge in [-0.05, 0) is 24.6 Å². The van der Waals surface area contributed by atoms with E-state index in [1.54, 1.807) is 0 Å². The van der Waals surface area contributed by atoms with Crippen LogP contribution < -0.4 is 10.6 Å². The Labute approximate surface area is 133 Å². The Morgan fingerprint density at radius 3 is 2.62 bits per heavy atom. The number of ether oxygens (including phenoxy) is 1. The standard InChI is InChI=1S/C14H14F4N2O4/c1-2-24-11(21)9-10(7-4-3-5-8(15)6-7)19-12(22)20-13(9,23)14(16,17)18/h3-6,9-10,23H,2H2,1H3,(H2,19,20,22)/t9-,10-,13+/m1/s1. The molecule has 1 heterocycles. The van der Waals surface area contributed by atoms with Crippen molar-refractivity contribution in [3.8, 4) is 0 Å². The molecule has 3 N–H and O–H groups in total. The molecular formula is C14H14F4N2O4. The normalized spacial score (nSPS) is 27.2. The number of halogens is 4. The molecule has 0 aliphatic carbocycles. The van der Waals surface area contributed by atoms with Crippen LogP contribution in [-0.4, -0.2) is 35.6 Å². The summed E-state index contributed by atoms with van der Waals surface area (Å²) in [4.78, 5) is 23.7. The van der Waals surface area contributed by atoms with E-state index in [1.807, 2.05) is 0 Å². The van der Waals surface area contributed by atoms with Crippen LogP contribution in [0.25, 0.3) is 0 Å². The Balaban J connectivity index is 2.57. The Morgan fingerprint density at radius 1 is 1.42 bits per heavy atom. The summed E-state index contributed by atoms with van der Waals surface area (Å²) in [6.45, 7) is 1.13. The number of hydrogen-bond donors (Lipinski definition) is 3. The van der Waals surface area contributed by atoms with Gasteiger partial charge in [-0.1, -0.05) is 12.1 Å². The van der Waals surface area contributed by atoms with E-state index in [1.165, 1.54) is 24.4 Å². The lowest BCUT2D eigenvalue weighted by Crippen LogP contribution is -2.73. The second-order valence-corrected chi connectivity index (χ2v) is 5.12. The number of amides is 2. The van der Waals surface area contributed by atoms with Crippen LogP contribution in [0.3, 0.4) is 0 Å². The van der Waals surface area contributed by atoms with E-state index in [0.29, 0.717) is 0 Å². The van der Waals surface area contributed by atoms with Crippen LogP contribution in [0.2, 0.25) is 0 Å². The van der Waals surface area contributed by atoms with Gasteiger partial charge < -0.3 is 20.5 Å². The molecule has 10 heteroatoms. The lowest BCUT2D eigenvalue weighted by molar-refractivity contribution is -0.294. The van der Waals surface area contributed by atoms with Crippen molar-refractivity contribution in [1.82, 2.24) is 10.6 Å². The second kappa shape index (κ2) is 6.27. The predicted molar refractivity (Wildman–Crippen MR) is 71.9 cm³/mol. The summed E-state index contributed by atoms with van der Waals surface area (Å²) in [5, 5.41) is 13.5. The van der Waals surface area contributed by atoms with E-state index in [9.17, 15) is 32.3 Å². The van der Waals surface area contributed by atoms with Crippen molar-refractivity contribution in [3.05, 3.63) is 35.6 Å². The highest BCUT2D eigenvalue weighted by Crippen LogP contribution is 2.43. The number of rotatable bonds is 3. The number of benzene rings is 1. The first-order valence-corrected chi connectivity index (χ1v) is 6.90. The first kappa shape index (κ1) is 18.0. The van der Waals surface area contributed by atoms with Crippen LogP contribution in [0.4, 0.5) is 22.4 Å². The Morgan fingerprint density at radius 2 is 2.08 bits per heavy atom. The van der Waals surface area contributed by atoms with E-state index in [-0.39, 0.29) is 12.2 Å². The summed E-state index contributed by atoms with van der Waals surface area (Å²) in [5.41, 5.74) is -3.98. The van der Waals surface area contributed by atoms with Gasteiger partial charge in [0.15, 0.2) is 0 Å². The monoisotopic (exact) mass is 350 g/mol. The quantitative estimate of drug-likeness (QED) is 0.571. The fourth-order valence-corrected chi connectivity index (χ4v) is 2.51. The number of urea groups is 1. The van der Waals surface area contributed by atoms with Crippen LogP contribution in [0.5, 0.6) is 0 Å². The predicted octanol–water partition coefficient (Wildman–Crippen LogP) is 1.61. The Kier molecular flexibility index (Phi) is 4.70. The summed E-state index contributed by atoms with van der Waals surface area (Å²) in [6, 6.07) is 1.33. The highest BCUT2D eigenvalue weighted by atomic mass is 19.4. The second-order valence-electron chi connectivity index (χ2n) is 5.12. The molecule has 0 bridgehead atoms. The van der Waals surface area contributed by atoms with Crippen molar-refractivity contribution >= 4 is 12.0 Å². The third-order valence-electron chi connectivity index (χ3n) is 3.55. The largest absolute Gasteiger partial charge is 0.466 e. The van der Waals surface area contributed by atoms with Gasteiger partial charge in [0.2, 0.25) is 0 Å². The van der Waals surface area contributed by atoms with Crippen LogP contribution >= 0.6 is 0 Å². The van der Waals surface area contributed by atoms with Gasteiger partial charge in [-0.2, -0.15) is 13.2 Å². The van der Waals surface area contributed by atoms with Gasteiger partial charge in [-0.25, -0.2) is 9.18 Å². The fourth-order valence-electron chi connectivity index (χ4n) is 2.51. The molecule has 0 radical (unpaired) electrons. The van der Waals surface area contributed by atoms with Gasteiger partial charge in [-0.15, -0.1) is 0 Å². The zero-order valence-corrected chi connectivity index (χ0v) is 12.4. The van der Waals surface area contributed by atoms with Crippen molar-refractivity contribution in [3.63, 3.8) is 0 Å². The molecule has 0 spiro atoms. The molecule has 24 heavy (non-hydrogen) atoms. The zero-order chi connectivity index (χ0) is 18.1. The average Bonchev–Trinajstić information content (AvgIpc) is 2.45. The highest BCUT2D eigenvalue weighted by molar-refractivity contribution is 5.83. The number of alkyl halides is 3. The molecule has 132 valence electrons.